The lowest BCUT2D eigenvalue weighted by molar-refractivity contribution is -0.116. The Labute approximate surface area is 116 Å². The Morgan fingerprint density at radius 1 is 1.22 bits per heavy atom. The van der Waals surface area contributed by atoms with E-state index >= 15 is 0 Å². The molecule has 1 aromatic rings. The fraction of sp³-hybridized carbons (Fsp3) is 0.500. The first kappa shape index (κ1) is 16.9. The zero-order valence-electron chi connectivity index (χ0n) is 11.2. The SMILES string of the molecule is CCCCC(=O)Nc1ccccc1CNCC.Cl. The third-order valence-corrected chi connectivity index (χ3v) is 2.61. The van der Waals surface area contributed by atoms with Gasteiger partial charge in [0.2, 0.25) is 5.91 Å². The van der Waals surface area contributed by atoms with Gasteiger partial charge in [0, 0.05) is 18.7 Å². The van der Waals surface area contributed by atoms with Crippen LogP contribution in [0.4, 0.5) is 5.69 Å². The molecule has 0 heterocycles. The van der Waals surface area contributed by atoms with Crippen molar-refractivity contribution in [3.05, 3.63) is 29.8 Å². The standard InChI is InChI=1S/C14H22N2O.ClH/c1-3-5-10-14(17)16-13-9-7-6-8-12(13)11-15-4-2;/h6-9,15H,3-5,10-11H2,1-2H3,(H,16,17);1H. The number of hydrogen-bond acceptors (Lipinski definition) is 2. The molecule has 2 N–H and O–H groups in total. The average molecular weight is 271 g/mol. The molecule has 1 aromatic carbocycles. The Balaban J connectivity index is 0.00000289. The molecule has 1 rings (SSSR count). The largest absolute Gasteiger partial charge is 0.326 e. The van der Waals surface area contributed by atoms with Gasteiger partial charge in [-0.05, 0) is 24.6 Å². The van der Waals surface area contributed by atoms with Crippen LogP contribution in [0.3, 0.4) is 0 Å². The summed E-state index contributed by atoms with van der Waals surface area (Å²) in [4.78, 5) is 11.7. The van der Waals surface area contributed by atoms with E-state index < -0.39 is 0 Å². The average Bonchev–Trinajstić information content (AvgIpc) is 2.35. The first-order chi connectivity index (χ1) is 8.27. The molecule has 0 bridgehead atoms. The molecule has 0 aliphatic carbocycles. The molecule has 0 aliphatic rings. The fourth-order valence-corrected chi connectivity index (χ4v) is 1.61. The molecule has 0 aromatic heterocycles. The lowest BCUT2D eigenvalue weighted by Crippen LogP contribution is -2.16. The van der Waals surface area contributed by atoms with E-state index in [0.717, 1.165) is 37.2 Å². The van der Waals surface area contributed by atoms with Crippen molar-refractivity contribution in [1.29, 1.82) is 0 Å². The van der Waals surface area contributed by atoms with Gasteiger partial charge in [-0.25, -0.2) is 0 Å². The van der Waals surface area contributed by atoms with Gasteiger partial charge in [-0.3, -0.25) is 4.79 Å². The van der Waals surface area contributed by atoms with E-state index in [2.05, 4.69) is 24.5 Å². The Hall–Kier alpha value is -1.06. The van der Waals surface area contributed by atoms with Gasteiger partial charge >= 0.3 is 0 Å². The summed E-state index contributed by atoms with van der Waals surface area (Å²) in [6.07, 6.45) is 2.60. The lowest BCUT2D eigenvalue weighted by atomic mass is 10.1. The van der Waals surface area contributed by atoms with Crippen molar-refractivity contribution in [3.8, 4) is 0 Å². The summed E-state index contributed by atoms with van der Waals surface area (Å²) >= 11 is 0. The minimum atomic E-state index is 0. The van der Waals surface area contributed by atoms with Crippen molar-refractivity contribution in [2.75, 3.05) is 11.9 Å². The Kier molecular flexibility index (Phi) is 9.33. The van der Waals surface area contributed by atoms with E-state index in [1.165, 1.54) is 0 Å². The van der Waals surface area contributed by atoms with Crippen LogP contribution in [0.25, 0.3) is 0 Å². The second-order valence-corrected chi connectivity index (χ2v) is 4.09. The zero-order valence-corrected chi connectivity index (χ0v) is 12.0. The number of rotatable bonds is 7. The zero-order chi connectivity index (χ0) is 12.5. The van der Waals surface area contributed by atoms with E-state index in [1.807, 2.05) is 24.3 Å². The highest BCUT2D eigenvalue weighted by Crippen LogP contribution is 2.15. The topological polar surface area (TPSA) is 41.1 Å². The third-order valence-electron chi connectivity index (χ3n) is 2.61. The maximum atomic E-state index is 11.7. The summed E-state index contributed by atoms with van der Waals surface area (Å²) in [5.41, 5.74) is 2.06. The molecule has 0 unspecified atom stereocenters. The summed E-state index contributed by atoms with van der Waals surface area (Å²) in [7, 11) is 0. The quantitative estimate of drug-likeness (QED) is 0.798. The predicted octanol–water partition coefficient (Wildman–Crippen LogP) is 3.35. The minimum Gasteiger partial charge on any atom is -0.326 e. The molecule has 0 spiro atoms. The van der Waals surface area contributed by atoms with Crippen LogP contribution in [0.2, 0.25) is 0 Å². The van der Waals surface area contributed by atoms with Gasteiger partial charge in [-0.15, -0.1) is 12.4 Å². The predicted molar refractivity (Wildman–Crippen MR) is 79.2 cm³/mol. The Bertz CT molecular complexity index is 355. The van der Waals surface area contributed by atoms with Crippen LogP contribution in [0, 0.1) is 0 Å². The van der Waals surface area contributed by atoms with Gasteiger partial charge in [-0.2, -0.15) is 0 Å². The van der Waals surface area contributed by atoms with E-state index in [-0.39, 0.29) is 18.3 Å². The van der Waals surface area contributed by atoms with Crippen LogP contribution in [0.1, 0.15) is 38.7 Å². The second kappa shape index (κ2) is 9.92. The van der Waals surface area contributed by atoms with Gasteiger partial charge in [0.1, 0.15) is 0 Å². The van der Waals surface area contributed by atoms with Crippen LogP contribution in [-0.2, 0) is 11.3 Å². The molecule has 0 radical (unpaired) electrons. The number of carbonyl (C=O) groups is 1. The number of amides is 1. The van der Waals surface area contributed by atoms with E-state index in [1.54, 1.807) is 0 Å². The number of benzene rings is 1. The van der Waals surface area contributed by atoms with Crippen LogP contribution in [-0.4, -0.2) is 12.5 Å². The summed E-state index contributed by atoms with van der Waals surface area (Å²) in [5, 5.41) is 6.25. The van der Waals surface area contributed by atoms with E-state index in [4.69, 9.17) is 0 Å². The number of nitrogens with one attached hydrogen (secondary N) is 2. The molecule has 4 heteroatoms. The van der Waals surface area contributed by atoms with Crippen molar-refractivity contribution in [2.24, 2.45) is 0 Å². The van der Waals surface area contributed by atoms with Crippen molar-refractivity contribution in [1.82, 2.24) is 5.32 Å². The number of para-hydroxylation sites is 1. The molecule has 3 nitrogen and oxygen atoms in total. The van der Waals surface area contributed by atoms with E-state index in [9.17, 15) is 4.79 Å². The van der Waals surface area contributed by atoms with Gasteiger partial charge in [0.15, 0.2) is 0 Å². The van der Waals surface area contributed by atoms with Gasteiger partial charge in [0.05, 0.1) is 0 Å². The second-order valence-electron chi connectivity index (χ2n) is 4.09. The fourth-order valence-electron chi connectivity index (χ4n) is 1.61. The molecule has 0 saturated carbocycles. The molecule has 0 saturated heterocycles. The number of hydrogen-bond donors (Lipinski definition) is 2. The number of anilines is 1. The van der Waals surface area contributed by atoms with Gasteiger partial charge < -0.3 is 10.6 Å². The summed E-state index contributed by atoms with van der Waals surface area (Å²) in [5.74, 6) is 0.107. The molecule has 18 heavy (non-hydrogen) atoms. The highest BCUT2D eigenvalue weighted by molar-refractivity contribution is 5.91. The van der Waals surface area contributed by atoms with Gasteiger partial charge in [-0.1, -0.05) is 38.5 Å². The van der Waals surface area contributed by atoms with Gasteiger partial charge in [0.25, 0.3) is 0 Å². The third kappa shape index (κ3) is 6.03. The van der Waals surface area contributed by atoms with Crippen LogP contribution >= 0.6 is 12.4 Å². The molecule has 0 fully saturated rings. The van der Waals surface area contributed by atoms with Crippen molar-refractivity contribution < 1.29 is 4.79 Å². The molecule has 0 atom stereocenters. The van der Waals surface area contributed by atoms with Crippen molar-refractivity contribution in [2.45, 2.75) is 39.7 Å². The molecule has 1 amide bonds. The lowest BCUT2D eigenvalue weighted by Gasteiger charge is -2.11. The Morgan fingerprint density at radius 2 is 1.94 bits per heavy atom. The maximum Gasteiger partial charge on any atom is 0.224 e. The molecule has 0 aliphatic heterocycles. The molecular formula is C14H23ClN2O. The van der Waals surface area contributed by atoms with E-state index in [0.29, 0.717) is 6.42 Å². The first-order valence-corrected chi connectivity index (χ1v) is 6.36. The van der Waals surface area contributed by atoms with Crippen molar-refractivity contribution >= 4 is 24.0 Å². The number of unbranched alkanes of at least 4 members (excludes halogenated alkanes) is 1. The number of carbonyl (C=O) groups excluding carboxylic acids is 1. The summed E-state index contributed by atoms with van der Waals surface area (Å²) in [6.45, 7) is 5.88. The monoisotopic (exact) mass is 270 g/mol. The Morgan fingerprint density at radius 3 is 2.61 bits per heavy atom. The first-order valence-electron chi connectivity index (χ1n) is 6.36. The highest BCUT2D eigenvalue weighted by Gasteiger charge is 2.05. The highest BCUT2D eigenvalue weighted by atomic mass is 35.5. The summed E-state index contributed by atoms with van der Waals surface area (Å²) in [6, 6.07) is 7.94. The maximum absolute atomic E-state index is 11.7. The molecule has 102 valence electrons. The molecular weight excluding hydrogens is 248 g/mol. The van der Waals surface area contributed by atoms with Crippen LogP contribution < -0.4 is 10.6 Å². The summed E-state index contributed by atoms with van der Waals surface area (Å²) < 4.78 is 0. The minimum absolute atomic E-state index is 0. The normalized spacial score (nSPS) is 9.67. The number of halogens is 1. The van der Waals surface area contributed by atoms with Crippen LogP contribution in [0.15, 0.2) is 24.3 Å². The smallest absolute Gasteiger partial charge is 0.224 e. The van der Waals surface area contributed by atoms with Crippen molar-refractivity contribution in [3.63, 3.8) is 0 Å². The van der Waals surface area contributed by atoms with Crippen LogP contribution in [0.5, 0.6) is 0 Å².